The van der Waals surface area contributed by atoms with Gasteiger partial charge in [-0.2, -0.15) is 4.98 Å². The molecule has 0 saturated heterocycles. The summed E-state index contributed by atoms with van der Waals surface area (Å²) in [6.45, 7) is 0.742. The maximum Gasteiger partial charge on any atom is 0.332 e. The normalized spacial score (nSPS) is 12.6. The fourth-order valence-electron chi connectivity index (χ4n) is 1.17. The van der Waals surface area contributed by atoms with Crippen LogP contribution in [0.3, 0.4) is 0 Å². The van der Waals surface area contributed by atoms with Crippen molar-refractivity contribution in [2.24, 2.45) is 0 Å². The largest absolute Gasteiger partial charge is 0.385 e. The van der Waals surface area contributed by atoms with Crippen LogP contribution >= 0.6 is 11.6 Å². The molecule has 0 saturated carbocycles. The number of hydrogen-bond acceptors (Lipinski definition) is 6. The Hall–Kier alpha value is -1.61. The first-order chi connectivity index (χ1) is 8.32. The second-order valence-corrected chi connectivity index (χ2v) is 3.65. The average molecular weight is 283 g/mol. The number of anilines is 1. The van der Waals surface area contributed by atoms with E-state index in [0.717, 1.165) is 0 Å². The molecule has 1 atom stereocenters. The van der Waals surface area contributed by atoms with E-state index in [1.54, 1.807) is 0 Å². The summed E-state index contributed by atoms with van der Waals surface area (Å²) in [6, 6.07) is 0. The van der Waals surface area contributed by atoms with Gasteiger partial charge in [0.1, 0.15) is 11.8 Å². The molecule has 1 aromatic rings. The summed E-state index contributed by atoms with van der Waals surface area (Å²) in [4.78, 5) is 17.1. The molecule has 0 bridgehead atoms. The Labute approximate surface area is 105 Å². The van der Waals surface area contributed by atoms with E-state index < -0.39 is 29.7 Å². The molecule has 100 valence electrons. The van der Waals surface area contributed by atoms with Gasteiger partial charge in [0.05, 0.1) is 4.92 Å². The number of nitrogens with one attached hydrogen (secondary N) is 1. The summed E-state index contributed by atoms with van der Waals surface area (Å²) in [5.41, 5.74) is -0.477. The summed E-state index contributed by atoms with van der Waals surface area (Å²) in [5, 5.41) is 21.7. The van der Waals surface area contributed by atoms with Crippen molar-refractivity contribution < 1.29 is 18.8 Å². The number of halogens is 3. The standard InChI is InChI=1S/C8H9ClF2N4O3/c1-3-5(15(17)18)7(14-8(9)13-3)12-2-4(16)6(10)11/h4,6,16H,2H2,1H3,(H,12,13,14). The summed E-state index contributed by atoms with van der Waals surface area (Å²) in [7, 11) is 0. The molecule has 0 aromatic carbocycles. The fourth-order valence-corrected chi connectivity index (χ4v) is 1.38. The molecule has 0 aliphatic heterocycles. The zero-order chi connectivity index (χ0) is 13.9. The van der Waals surface area contributed by atoms with Gasteiger partial charge in [-0.25, -0.2) is 13.8 Å². The van der Waals surface area contributed by atoms with Crippen molar-refractivity contribution in [3.05, 3.63) is 21.1 Å². The lowest BCUT2D eigenvalue weighted by molar-refractivity contribution is -0.385. The number of nitro groups is 1. The molecule has 10 heteroatoms. The van der Waals surface area contributed by atoms with Crippen LogP contribution in [0.15, 0.2) is 0 Å². The SMILES string of the molecule is Cc1nc(Cl)nc(NCC(O)C(F)F)c1[N+](=O)[O-]. The van der Waals surface area contributed by atoms with E-state index in [9.17, 15) is 18.9 Å². The average Bonchev–Trinajstić information content (AvgIpc) is 2.23. The molecule has 1 rings (SSSR count). The van der Waals surface area contributed by atoms with Crippen LogP contribution < -0.4 is 5.32 Å². The minimum absolute atomic E-state index is 0.00552. The molecule has 7 nitrogen and oxygen atoms in total. The predicted octanol–water partition coefficient (Wildman–Crippen LogP) is 1.38. The van der Waals surface area contributed by atoms with Gasteiger partial charge in [-0.3, -0.25) is 10.1 Å². The lowest BCUT2D eigenvalue weighted by Gasteiger charge is -2.11. The van der Waals surface area contributed by atoms with Crippen LogP contribution in [0.25, 0.3) is 0 Å². The van der Waals surface area contributed by atoms with Gasteiger partial charge < -0.3 is 10.4 Å². The molecule has 0 amide bonds. The number of aryl methyl sites for hydroxylation is 1. The Morgan fingerprint density at radius 2 is 2.17 bits per heavy atom. The first-order valence-electron chi connectivity index (χ1n) is 4.71. The van der Waals surface area contributed by atoms with Crippen molar-refractivity contribution in [3.8, 4) is 0 Å². The van der Waals surface area contributed by atoms with Crippen molar-refractivity contribution in [2.45, 2.75) is 19.5 Å². The van der Waals surface area contributed by atoms with Crippen molar-refractivity contribution in [3.63, 3.8) is 0 Å². The van der Waals surface area contributed by atoms with Gasteiger partial charge in [-0.05, 0) is 18.5 Å². The van der Waals surface area contributed by atoms with Crippen LogP contribution in [0.4, 0.5) is 20.3 Å². The molecule has 0 spiro atoms. The first-order valence-corrected chi connectivity index (χ1v) is 5.09. The highest BCUT2D eigenvalue weighted by Gasteiger charge is 2.23. The van der Waals surface area contributed by atoms with E-state index in [1.807, 2.05) is 0 Å². The fraction of sp³-hybridized carbons (Fsp3) is 0.500. The number of aliphatic hydroxyl groups is 1. The maximum absolute atomic E-state index is 12.1. The molecule has 0 aliphatic carbocycles. The summed E-state index contributed by atoms with van der Waals surface area (Å²) < 4.78 is 24.1. The molecule has 0 fully saturated rings. The molecule has 1 aromatic heterocycles. The second kappa shape index (κ2) is 5.83. The van der Waals surface area contributed by atoms with Gasteiger partial charge in [0, 0.05) is 6.54 Å². The summed E-state index contributed by atoms with van der Waals surface area (Å²) >= 11 is 5.51. The third kappa shape index (κ3) is 3.44. The Morgan fingerprint density at radius 3 is 2.67 bits per heavy atom. The minimum Gasteiger partial charge on any atom is -0.385 e. The number of nitrogens with zero attached hydrogens (tertiary/aromatic N) is 3. The number of aliphatic hydroxyl groups excluding tert-OH is 1. The minimum atomic E-state index is -2.96. The van der Waals surface area contributed by atoms with Crippen LogP contribution in [0.1, 0.15) is 5.69 Å². The summed E-state index contributed by atoms with van der Waals surface area (Å²) in [5.74, 6) is -0.308. The zero-order valence-electron chi connectivity index (χ0n) is 9.10. The Balaban J connectivity index is 2.97. The van der Waals surface area contributed by atoms with E-state index in [1.165, 1.54) is 6.92 Å². The molecule has 1 heterocycles. The lowest BCUT2D eigenvalue weighted by Crippen LogP contribution is -2.27. The molecular formula is C8H9ClF2N4O3. The van der Waals surface area contributed by atoms with Crippen LogP contribution in [0, 0.1) is 17.0 Å². The van der Waals surface area contributed by atoms with E-state index in [4.69, 9.17) is 16.7 Å². The van der Waals surface area contributed by atoms with Crippen molar-refractivity contribution in [1.29, 1.82) is 0 Å². The molecule has 0 aliphatic rings. The van der Waals surface area contributed by atoms with Crippen LogP contribution in [0.2, 0.25) is 5.28 Å². The Morgan fingerprint density at radius 1 is 1.56 bits per heavy atom. The van der Waals surface area contributed by atoms with E-state index in [-0.39, 0.29) is 16.8 Å². The quantitative estimate of drug-likeness (QED) is 0.481. The Kier molecular flexibility index (Phi) is 4.68. The molecule has 2 N–H and O–H groups in total. The van der Waals surface area contributed by atoms with E-state index in [2.05, 4.69) is 15.3 Å². The van der Waals surface area contributed by atoms with Crippen molar-refractivity contribution in [1.82, 2.24) is 9.97 Å². The topological polar surface area (TPSA) is 101 Å². The molecular weight excluding hydrogens is 274 g/mol. The monoisotopic (exact) mass is 282 g/mol. The molecule has 18 heavy (non-hydrogen) atoms. The highest BCUT2D eigenvalue weighted by atomic mass is 35.5. The number of alkyl halides is 2. The van der Waals surface area contributed by atoms with Crippen molar-refractivity contribution in [2.75, 3.05) is 11.9 Å². The number of aromatic nitrogens is 2. The smallest absolute Gasteiger partial charge is 0.332 e. The third-order valence-electron chi connectivity index (χ3n) is 1.98. The lowest BCUT2D eigenvalue weighted by atomic mass is 10.3. The highest BCUT2D eigenvalue weighted by Crippen LogP contribution is 2.26. The molecule has 1 unspecified atom stereocenters. The zero-order valence-corrected chi connectivity index (χ0v) is 9.86. The first kappa shape index (κ1) is 14.5. The van der Waals surface area contributed by atoms with E-state index >= 15 is 0 Å². The third-order valence-corrected chi connectivity index (χ3v) is 2.15. The van der Waals surface area contributed by atoms with Crippen molar-refractivity contribution >= 4 is 23.1 Å². The number of hydrogen-bond donors (Lipinski definition) is 2. The van der Waals surface area contributed by atoms with Gasteiger partial charge in [-0.1, -0.05) is 0 Å². The van der Waals surface area contributed by atoms with E-state index in [0.29, 0.717) is 0 Å². The van der Waals surface area contributed by atoms with Gasteiger partial charge in [-0.15, -0.1) is 0 Å². The van der Waals surface area contributed by atoms with Gasteiger partial charge >= 0.3 is 5.69 Å². The number of rotatable bonds is 5. The molecule has 0 radical (unpaired) electrons. The predicted molar refractivity (Wildman–Crippen MR) is 58.9 cm³/mol. The van der Waals surface area contributed by atoms with Crippen LogP contribution in [-0.2, 0) is 0 Å². The summed E-state index contributed by atoms with van der Waals surface area (Å²) in [6.07, 6.45) is -4.92. The van der Waals surface area contributed by atoms with Crippen LogP contribution in [0.5, 0.6) is 0 Å². The van der Waals surface area contributed by atoms with Crippen LogP contribution in [-0.4, -0.2) is 39.1 Å². The van der Waals surface area contributed by atoms with Gasteiger partial charge in [0.15, 0.2) is 0 Å². The van der Waals surface area contributed by atoms with Gasteiger partial charge in [0.2, 0.25) is 11.1 Å². The van der Waals surface area contributed by atoms with Gasteiger partial charge in [0.25, 0.3) is 6.43 Å². The second-order valence-electron chi connectivity index (χ2n) is 3.32. The highest BCUT2D eigenvalue weighted by molar-refractivity contribution is 6.28. The maximum atomic E-state index is 12.1. The Bertz CT molecular complexity index is 460.